The topological polar surface area (TPSA) is 120 Å². The first-order valence-electron chi connectivity index (χ1n) is 8.99. The maximum Gasteiger partial charge on any atom is 0.271 e. The van der Waals surface area contributed by atoms with Crippen LogP contribution in [0.25, 0.3) is 0 Å². The Morgan fingerprint density at radius 1 is 1.27 bits per heavy atom. The Balaban J connectivity index is 2.62. The zero-order valence-electron chi connectivity index (χ0n) is 17.3. The van der Waals surface area contributed by atoms with Crippen molar-refractivity contribution in [1.29, 1.82) is 0 Å². The van der Waals surface area contributed by atoms with Gasteiger partial charge in [-0.3, -0.25) is 30.0 Å². The number of benzene rings is 1. The van der Waals surface area contributed by atoms with Gasteiger partial charge in [0.15, 0.2) is 17.8 Å². The number of rotatable bonds is 6. The molecule has 1 aliphatic rings. The molecule has 0 radical (unpaired) electrons. The van der Waals surface area contributed by atoms with Crippen molar-refractivity contribution in [1.82, 2.24) is 10.9 Å². The summed E-state index contributed by atoms with van der Waals surface area (Å²) in [5, 5.41) is -0.100. The molecule has 0 fully saturated rings. The molecule has 1 aromatic rings. The van der Waals surface area contributed by atoms with Crippen LogP contribution in [-0.2, 0) is 19.1 Å². The Kier molecular flexibility index (Phi) is 7.09. The fourth-order valence-corrected chi connectivity index (χ4v) is 3.48. The second-order valence-electron chi connectivity index (χ2n) is 6.83. The number of hydrogen-bond donors (Lipinski definition) is 2. The molecule has 0 aliphatic heterocycles. The van der Waals surface area contributed by atoms with Crippen LogP contribution in [0.1, 0.15) is 36.2 Å². The lowest BCUT2D eigenvalue weighted by molar-refractivity contribution is -0.130. The Morgan fingerprint density at radius 3 is 2.47 bits per heavy atom. The number of hydrazine groups is 1. The molecule has 0 spiro atoms. The minimum atomic E-state index is -1.63. The van der Waals surface area contributed by atoms with Crippen molar-refractivity contribution >= 4 is 35.5 Å². The number of ether oxygens (including phenoxy) is 3. The number of methoxy groups -OCH3 is 2. The van der Waals surface area contributed by atoms with Crippen LogP contribution in [0.15, 0.2) is 17.9 Å². The molecule has 0 unspecified atom stereocenters. The van der Waals surface area contributed by atoms with Gasteiger partial charge < -0.3 is 14.2 Å². The lowest BCUT2D eigenvalue weighted by Gasteiger charge is -2.38. The Hall–Kier alpha value is -3.07. The predicted molar refractivity (Wildman–Crippen MR) is 107 cm³/mol. The highest BCUT2D eigenvalue weighted by atomic mass is 35.5. The van der Waals surface area contributed by atoms with Gasteiger partial charge in [-0.25, -0.2) is 0 Å². The molecule has 2 rings (SSSR count). The van der Waals surface area contributed by atoms with E-state index in [0.717, 1.165) is 0 Å². The Morgan fingerprint density at radius 2 is 1.93 bits per heavy atom. The van der Waals surface area contributed by atoms with E-state index in [0.29, 0.717) is 11.8 Å². The summed E-state index contributed by atoms with van der Waals surface area (Å²) in [7, 11) is 2.72. The molecular weight excluding hydrogens is 416 g/mol. The minimum Gasteiger partial charge on any atom is -0.496 e. The summed E-state index contributed by atoms with van der Waals surface area (Å²) < 4.78 is 16.7. The first kappa shape index (κ1) is 23.2. The number of carbonyl (C=O) groups excluding carboxylic acids is 4. The van der Waals surface area contributed by atoms with Crippen LogP contribution in [0, 0.1) is 12.8 Å². The van der Waals surface area contributed by atoms with Crippen molar-refractivity contribution < 1.29 is 33.4 Å². The minimum absolute atomic E-state index is 0.0141. The van der Waals surface area contributed by atoms with Gasteiger partial charge in [0.1, 0.15) is 11.5 Å². The number of nitrogens with one attached hydrogen (secondary N) is 2. The monoisotopic (exact) mass is 438 g/mol. The molecule has 0 heterocycles. The number of hydrogen-bond acceptors (Lipinski definition) is 7. The van der Waals surface area contributed by atoms with Crippen molar-refractivity contribution in [3.05, 3.63) is 34.1 Å². The Labute approximate surface area is 178 Å². The van der Waals surface area contributed by atoms with Crippen LogP contribution in [-0.4, -0.2) is 43.7 Å². The van der Waals surface area contributed by atoms with Crippen LogP contribution in [0.5, 0.6) is 11.5 Å². The molecular formula is C20H23ClN2O7. The standard InChI is InChI=1S/C20H23ClN2O7/c1-10-6-13(26)7-16(29-5)20(10,9-24)30-18-11(2)15(28-4)8-14(17(18)21)19(27)23-22-12(3)25/h7-10H,6H2,1-5H3,(H,22,25)(H,23,27)/t10-,20+/m1/s1. The number of ketones is 1. The predicted octanol–water partition coefficient (Wildman–Crippen LogP) is 1.89. The van der Waals surface area contributed by atoms with E-state index in [2.05, 4.69) is 10.9 Å². The number of halogens is 1. The lowest BCUT2D eigenvalue weighted by atomic mass is 9.79. The van der Waals surface area contributed by atoms with Crippen molar-refractivity contribution in [3.63, 3.8) is 0 Å². The zero-order chi connectivity index (χ0) is 22.6. The van der Waals surface area contributed by atoms with E-state index < -0.39 is 23.3 Å². The fourth-order valence-electron chi connectivity index (χ4n) is 3.16. The second kappa shape index (κ2) is 9.17. The van der Waals surface area contributed by atoms with Gasteiger partial charge in [0.25, 0.3) is 5.91 Å². The van der Waals surface area contributed by atoms with E-state index in [1.807, 2.05) is 0 Å². The molecule has 2 atom stereocenters. The third-order valence-corrected chi connectivity index (χ3v) is 5.20. The first-order chi connectivity index (χ1) is 14.1. The van der Waals surface area contributed by atoms with E-state index in [-0.39, 0.29) is 40.0 Å². The van der Waals surface area contributed by atoms with E-state index in [1.165, 1.54) is 33.3 Å². The van der Waals surface area contributed by atoms with Crippen LogP contribution in [0.2, 0.25) is 5.02 Å². The van der Waals surface area contributed by atoms with Crippen molar-refractivity contribution in [3.8, 4) is 11.5 Å². The molecule has 9 nitrogen and oxygen atoms in total. The average molecular weight is 439 g/mol. The zero-order valence-corrected chi connectivity index (χ0v) is 18.0. The molecule has 30 heavy (non-hydrogen) atoms. The summed E-state index contributed by atoms with van der Waals surface area (Å²) in [6, 6.07) is 1.39. The number of allylic oxidation sites excluding steroid dienone is 1. The third-order valence-electron chi connectivity index (χ3n) is 4.82. The molecule has 0 bridgehead atoms. The van der Waals surface area contributed by atoms with Crippen LogP contribution < -0.4 is 20.3 Å². The van der Waals surface area contributed by atoms with Crippen molar-refractivity contribution in [2.75, 3.05) is 14.2 Å². The van der Waals surface area contributed by atoms with Gasteiger partial charge in [-0.1, -0.05) is 18.5 Å². The molecule has 0 aromatic heterocycles. The van der Waals surface area contributed by atoms with Crippen LogP contribution in [0.4, 0.5) is 0 Å². The van der Waals surface area contributed by atoms with Gasteiger partial charge in [0, 0.05) is 30.9 Å². The van der Waals surface area contributed by atoms with Gasteiger partial charge in [0.2, 0.25) is 11.5 Å². The van der Waals surface area contributed by atoms with Crippen molar-refractivity contribution in [2.45, 2.75) is 32.8 Å². The quantitative estimate of drug-likeness (QED) is 0.514. The summed E-state index contributed by atoms with van der Waals surface area (Å²) in [6.45, 7) is 4.54. The third kappa shape index (κ3) is 4.25. The highest BCUT2D eigenvalue weighted by Gasteiger charge is 2.48. The molecule has 1 aromatic carbocycles. The van der Waals surface area contributed by atoms with Gasteiger partial charge in [0.05, 0.1) is 24.8 Å². The SMILES string of the molecule is COC1=CC(=O)C[C@@H](C)[C@]1(C=O)Oc1c(C)c(OC)cc(C(=O)NNC(C)=O)c1Cl. The summed E-state index contributed by atoms with van der Waals surface area (Å²) in [5.74, 6) is -1.65. The highest BCUT2D eigenvalue weighted by Crippen LogP contribution is 2.44. The highest BCUT2D eigenvalue weighted by molar-refractivity contribution is 6.35. The average Bonchev–Trinajstić information content (AvgIpc) is 2.70. The maximum absolute atomic E-state index is 12.5. The molecule has 2 N–H and O–H groups in total. The Bertz CT molecular complexity index is 928. The van der Waals surface area contributed by atoms with Crippen LogP contribution >= 0.6 is 11.6 Å². The van der Waals surface area contributed by atoms with Gasteiger partial charge in [-0.15, -0.1) is 0 Å². The molecule has 0 saturated heterocycles. The van der Waals surface area contributed by atoms with E-state index in [9.17, 15) is 19.2 Å². The van der Waals surface area contributed by atoms with Gasteiger partial charge in [-0.2, -0.15) is 0 Å². The lowest BCUT2D eigenvalue weighted by Crippen LogP contribution is -2.50. The van der Waals surface area contributed by atoms with Gasteiger partial charge in [-0.05, 0) is 13.0 Å². The molecule has 10 heteroatoms. The van der Waals surface area contributed by atoms with E-state index in [1.54, 1.807) is 13.8 Å². The summed E-state index contributed by atoms with van der Waals surface area (Å²) in [5.41, 5.74) is 3.13. The smallest absolute Gasteiger partial charge is 0.271 e. The summed E-state index contributed by atoms with van der Waals surface area (Å²) >= 11 is 6.46. The number of aldehydes is 1. The number of carbonyl (C=O) groups is 4. The molecule has 2 amide bonds. The molecule has 162 valence electrons. The van der Waals surface area contributed by atoms with Crippen LogP contribution in [0.3, 0.4) is 0 Å². The van der Waals surface area contributed by atoms with Gasteiger partial charge >= 0.3 is 0 Å². The summed E-state index contributed by atoms with van der Waals surface area (Å²) in [6.07, 6.45) is 1.82. The molecule has 0 saturated carbocycles. The normalized spacial score (nSPS) is 20.7. The van der Waals surface area contributed by atoms with Crippen molar-refractivity contribution in [2.24, 2.45) is 5.92 Å². The maximum atomic E-state index is 12.5. The molecule has 1 aliphatic carbocycles. The number of amides is 2. The fraction of sp³-hybridized carbons (Fsp3) is 0.400. The van der Waals surface area contributed by atoms with E-state index >= 15 is 0 Å². The second-order valence-corrected chi connectivity index (χ2v) is 7.20. The van der Waals surface area contributed by atoms with E-state index in [4.69, 9.17) is 25.8 Å². The largest absolute Gasteiger partial charge is 0.496 e. The summed E-state index contributed by atoms with van der Waals surface area (Å²) in [4.78, 5) is 47.7. The first-order valence-corrected chi connectivity index (χ1v) is 9.37.